The minimum absolute atomic E-state index is 0.142. The normalized spacial score (nSPS) is 20.4. The lowest BCUT2D eigenvalue weighted by atomic mass is 9.79. The number of carbonyl (C=O) groups is 2. The highest BCUT2D eigenvalue weighted by Gasteiger charge is 2.41. The van der Waals surface area contributed by atoms with Gasteiger partial charge in [0.15, 0.2) is 11.6 Å². The van der Waals surface area contributed by atoms with Crippen molar-refractivity contribution in [2.75, 3.05) is 39.4 Å². The summed E-state index contributed by atoms with van der Waals surface area (Å²) in [7, 11) is 0. The second-order valence-corrected chi connectivity index (χ2v) is 12.6. The molecule has 0 atom stereocenters. The van der Waals surface area contributed by atoms with Crippen LogP contribution in [0.2, 0.25) is 0 Å². The Morgan fingerprint density at radius 1 is 0.703 bits per heavy atom. The number of ketones is 2. The Hall–Kier alpha value is -2.34. The first-order valence-corrected chi connectivity index (χ1v) is 13.9. The molecule has 5 rings (SSSR count). The molecule has 0 unspecified atom stereocenters. The molecule has 0 spiro atoms. The van der Waals surface area contributed by atoms with E-state index in [1.165, 1.54) is 17.5 Å². The molecule has 198 valence electrons. The van der Waals surface area contributed by atoms with Crippen LogP contribution < -0.4 is 0 Å². The zero-order valence-electron chi connectivity index (χ0n) is 23.4. The zero-order valence-corrected chi connectivity index (χ0v) is 23.4. The minimum atomic E-state index is -0.590. The van der Waals surface area contributed by atoms with Crippen molar-refractivity contribution in [1.82, 2.24) is 9.80 Å². The molecule has 0 aromatic heterocycles. The van der Waals surface area contributed by atoms with Crippen molar-refractivity contribution in [3.05, 3.63) is 58.7 Å². The van der Waals surface area contributed by atoms with Crippen LogP contribution in [0.15, 0.2) is 36.4 Å². The first-order chi connectivity index (χ1) is 17.5. The van der Waals surface area contributed by atoms with Crippen molar-refractivity contribution in [3.8, 4) is 11.1 Å². The number of fused-ring (bicyclic) bond motifs is 3. The summed E-state index contributed by atoms with van der Waals surface area (Å²) in [6.07, 6.45) is 3.57. The van der Waals surface area contributed by atoms with Crippen LogP contribution in [0.4, 0.5) is 0 Å². The van der Waals surface area contributed by atoms with Gasteiger partial charge in [0.1, 0.15) is 0 Å². The maximum atomic E-state index is 13.8. The molecule has 37 heavy (non-hydrogen) atoms. The summed E-state index contributed by atoms with van der Waals surface area (Å²) in [5.74, 6) is 0.329. The lowest BCUT2D eigenvalue weighted by Gasteiger charge is -2.40. The van der Waals surface area contributed by atoms with Gasteiger partial charge in [-0.2, -0.15) is 0 Å². The topological polar surface area (TPSA) is 49.9 Å². The molecule has 0 bridgehead atoms. The van der Waals surface area contributed by atoms with Crippen LogP contribution in [0.3, 0.4) is 0 Å². The molecule has 1 aliphatic carbocycles. The smallest absolute Gasteiger partial charge is 0.182 e. The highest BCUT2D eigenvalue weighted by molar-refractivity contribution is 6.05. The number of hydrogen-bond donors (Lipinski definition) is 0. The highest BCUT2D eigenvalue weighted by Crippen LogP contribution is 2.49. The predicted octanol–water partition coefficient (Wildman–Crippen LogP) is 5.73. The van der Waals surface area contributed by atoms with Crippen LogP contribution in [0, 0.1) is 0 Å². The maximum Gasteiger partial charge on any atom is 0.182 e. The molecule has 2 aromatic rings. The van der Waals surface area contributed by atoms with E-state index in [0.717, 1.165) is 61.3 Å². The fraction of sp³-hybridized carbons (Fsp3) is 0.562. The van der Waals surface area contributed by atoms with Crippen molar-refractivity contribution in [2.45, 2.75) is 77.3 Å². The molecule has 2 fully saturated rings. The van der Waals surface area contributed by atoms with E-state index < -0.39 is 11.1 Å². The molecule has 2 saturated heterocycles. The van der Waals surface area contributed by atoms with E-state index in [2.05, 4.69) is 61.8 Å². The fourth-order valence-electron chi connectivity index (χ4n) is 6.59. The number of carbonyl (C=O) groups excluding carboxylic acids is 2. The molecule has 5 heteroatoms. The number of benzene rings is 2. The molecule has 2 heterocycles. The second kappa shape index (κ2) is 9.44. The Morgan fingerprint density at radius 2 is 1.14 bits per heavy atom. The summed E-state index contributed by atoms with van der Waals surface area (Å²) in [5, 5.41) is 0. The van der Waals surface area contributed by atoms with Crippen molar-refractivity contribution in [1.29, 1.82) is 0 Å². The minimum Gasteiger partial charge on any atom is -0.379 e. The monoisotopic (exact) mass is 502 g/mol. The van der Waals surface area contributed by atoms with Crippen LogP contribution in [0.5, 0.6) is 0 Å². The summed E-state index contributed by atoms with van der Waals surface area (Å²) in [6, 6.07) is 12.4. The van der Waals surface area contributed by atoms with Crippen LogP contribution >= 0.6 is 0 Å². The number of nitrogens with zero attached hydrogens (tertiary/aromatic N) is 2. The molecule has 3 aliphatic rings. The molecule has 2 aliphatic heterocycles. The summed E-state index contributed by atoms with van der Waals surface area (Å²) in [5.41, 5.74) is 4.77. The molecule has 0 amide bonds. The second-order valence-electron chi connectivity index (χ2n) is 12.6. The number of rotatable bonds is 6. The molecule has 0 radical (unpaired) electrons. The number of Topliss-reactive ketones (excluding diaryl/α,β-unsaturated/α-hetero) is 2. The summed E-state index contributed by atoms with van der Waals surface area (Å²) < 4.78 is 5.51. The number of ether oxygens (including phenoxy) is 1. The number of morpholine rings is 1. The lowest BCUT2D eigenvalue weighted by molar-refractivity contribution is -0.00430. The molecule has 5 nitrogen and oxygen atoms in total. The predicted molar refractivity (Wildman–Crippen MR) is 149 cm³/mol. The van der Waals surface area contributed by atoms with Crippen molar-refractivity contribution in [3.63, 3.8) is 0 Å². The van der Waals surface area contributed by atoms with E-state index in [1.807, 2.05) is 26.0 Å². The van der Waals surface area contributed by atoms with Gasteiger partial charge in [-0.05, 0) is 88.0 Å². The molecular formula is C32H42N2O3. The summed E-state index contributed by atoms with van der Waals surface area (Å²) in [4.78, 5) is 32.1. The van der Waals surface area contributed by atoms with Gasteiger partial charge in [-0.1, -0.05) is 44.5 Å². The van der Waals surface area contributed by atoms with Gasteiger partial charge in [0.25, 0.3) is 0 Å². The van der Waals surface area contributed by atoms with Crippen LogP contribution in [-0.4, -0.2) is 71.8 Å². The van der Waals surface area contributed by atoms with E-state index in [1.54, 1.807) is 0 Å². The molecule has 0 N–H and O–H groups in total. The Balaban J connectivity index is 1.45. The van der Waals surface area contributed by atoms with Gasteiger partial charge in [0.2, 0.25) is 0 Å². The van der Waals surface area contributed by atoms with E-state index in [-0.39, 0.29) is 17.0 Å². The Kier molecular flexibility index (Phi) is 6.71. The van der Waals surface area contributed by atoms with Crippen LogP contribution in [0.25, 0.3) is 11.1 Å². The van der Waals surface area contributed by atoms with Crippen LogP contribution in [0.1, 0.15) is 92.6 Å². The van der Waals surface area contributed by atoms with Gasteiger partial charge in [-0.15, -0.1) is 0 Å². The van der Waals surface area contributed by atoms with Gasteiger partial charge in [-0.3, -0.25) is 19.4 Å². The number of hydrogen-bond acceptors (Lipinski definition) is 5. The van der Waals surface area contributed by atoms with Crippen molar-refractivity contribution >= 4 is 11.6 Å². The third-order valence-corrected chi connectivity index (χ3v) is 9.26. The quantitative estimate of drug-likeness (QED) is 0.472. The Morgan fingerprint density at radius 3 is 1.59 bits per heavy atom. The zero-order chi connectivity index (χ0) is 26.6. The summed E-state index contributed by atoms with van der Waals surface area (Å²) >= 11 is 0. The molecule has 2 aromatic carbocycles. The number of piperidine rings is 1. The van der Waals surface area contributed by atoms with Gasteiger partial charge >= 0.3 is 0 Å². The van der Waals surface area contributed by atoms with Gasteiger partial charge in [-0.25, -0.2) is 0 Å². The van der Waals surface area contributed by atoms with Gasteiger partial charge in [0.05, 0.1) is 24.3 Å². The average molecular weight is 503 g/mol. The third kappa shape index (κ3) is 4.39. The van der Waals surface area contributed by atoms with Gasteiger partial charge in [0, 0.05) is 29.6 Å². The Labute approximate surface area is 222 Å². The molecule has 0 saturated carbocycles. The maximum absolute atomic E-state index is 13.8. The fourth-order valence-corrected chi connectivity index (χ4v) is 6.59. The van der Waals surface area contributed by atoms with E-state index in [0.29, 0.717) is 13.2 Å². The Bertz CT molecular complexity index is 1120. The van der Waals surface area contributed by atoms with Crippen molar-refractivity contribution < 1.29 is 14.3 Å². The average Bonchev–Trinajstić information content (AvgIpc) is 3.14. The SMILES string of the molecule is CC1(C)c2cc(C(=O)C(C)(C)N3CCCCC3)ccc2-c2ccc(C(=O)C(C)(C)N3CCOCC3)cc21. The van der Waals surface area contributed by atoms with Gasteiger partial charge < -0.3 is 4.74 Å². The van der Waals surface area contributed by atoms with E-state index in [9.17, 15) is 9.59 Å². The molecular weight excluding hydrogens is 460 g/mol. The van der Waals surface area contributed by atoms with E-state index in [4.69, 9.17) is 4.74 Å². The highest BCUT2D eigenvalue weighted by atomic mass is 16.5. The number of likely N-dealkylation sites (tertiary alicyclic amines) is 1. The first kappa shape index (κ1) is 26.3. The van der Waals surface area contributed by atoms with E-state index >= 15 is 0 Å². The third-order valence-electron chi connectivity index (χ3n) is 9.26. The first-order valence-electron chi connectivity index (χ1n) is 13.9. The summed E-state index contributed by atoms with van der Waals surface area (Å²) in [6.45, 7) is 17.5. The standard InChI is InChI=1S/C32H42N2O3/c1-30(2)26-20-22(28(35)31(3,4)33-14-8-7-9-15-33)10-12-24(26)25-13-11-23(21-27(25)30)29(36)32(5,6)34-16-18-37-19-17-34/h10-13,20-21H,7-9,14-19H2,1-6H3. The largest absolute Gasteiger partial charge is 0.379 e. The van der Waals surface area contributed by atoms with Crippen molar-refractivity contribution in [2.24, 2.45) is 0 Å². The van der Waals surface area contributed by atoms with Crippen LogP contribution in [-0.2, 0) is 10.2 Å². The lowest BCUT2D eigenvalue weighted by Crippen LogP contribution is -2.54.